The number of halogens is 1. The molecule has 0 aliphatic carbocycles. The second-order valence-electron chi connectivity index (χ2n) is 4.53. The molecular weight excluding hydrogens is 225 g/mol. The molecule has 0 aliphatic rings. The number of aliphatic hydroxyl groups excluding tert-OH is 1. The minimum absolute atomic E-state index is 0.252. The van der Waals surface area contributed by atoms with Crippen LogP contribution in [0.5, 0.6) is 0 Å². The molecular formula is C12H14FNOS. The molecule has 4 heteroatoms. The zero-order valence-corrected chi connectivity index (χ0v) is 10.3. The minimum atomic E-state index is -0.488. The Morgan fingerprint density at radius 3 is 2.75 bits per heavy atom. The topological polar surface area (TPSA) is 33.1 Å². The van der Waals surface area contributed by atoms with Gasteiger partial charge in [-0.3, -0.25) is 0 Å². The van der Waals surface area contributed by atoms with Gasteiger partial charge < -0.3 is 5.11 Å². The summed E-state index contributed by atoms with van der Waals surface area (Å²) < 4.78 is 13.9. The molecule has 1 unspecified atom stereocenters. The molecule has 1 N–H and O–H groups in total. The van der Waals surface area contributed by atoms with E-state index in [1.54, 1.807) is 13.0 Å². The fourth-order valence-corrected chi connectivity index (χ4v) is 2.53. The van der Waals surface area contributed by atoms with Gasteiger partial charge in [0, 0.05) is 5.41 Å². The van der Waals surface area contributed by atoms with Crippen LogP contribution in [0.4, 0.5) is 4.39 Å². The first-order chi connectivity index (χ1) is 7.41. The molecule has 0 saturated heterocycles. The molecule has 0 saturated carbocycles. The lowest BCUT2D eigenvalue weighted by molar-refractivity contribution is 0.118. The lowest BCUT2D eigenvalue weighted by atomic mass is 9.88. The summed E-state index contributed by atoms with van der Waals surface area (Å²) in [6.45, 7) is 5.62. The summed E-state index contributed by atoms with van der Waals surface area (Å²) >= 11 is 1.44. The highest BCUT2D eigenvalue weighted by molar-refractivity contribution is 7.18. The van der Waals surface area contributed by atoms with Gasteiger partial charge in [0.2, 0.25) is 0 Å². The van der Waals surface area contributed by atoms with Crippen LogP contribution in [0.3, 0.4) is 0 Å². The summed E-state index contributed by atoms with van der Waals surface area (Å²) in [7, 11) is 0. The van der Waals surface area contributed by atoms with Crippen molar-refractivity contribution in [2.45, 2.75) is 32.3 Å². The predicted octanol–water partition coefficient (Wildman–Crippen LogP) is 3.09. The van der Waals surface area contributed by atoms with Crippen LogP contribution in [0.2, 0.25) is 0 Å². The van der Waals surface area contributed by atoms with Crippen LogP contribution in [-0.4, -0.2) is 16.2 Å². The van der Waals surface area contributed by atoms with E-state index in [9.17, 15) is 9.50 Å². The molecule has 2 rings (SSSR count). The third kappa shape index (κ3) is 1.83. The Balaban J connectivity index is 2.55. The molecule has 0 bridgehead atoms. The molecule has 0 radical (unpaired) electrons. The summed E-state index contributed by atoms with van der Waals surface area (Å²) in [6.07, 6.45) is -0.488. The highest BCUT2D eigenvalue weighted by atomic mass is 32.1. The van der Waals surface area contributed by atoms with E-state index >= 15 is 0 Å². The van der Waals surface area contributed by atoms with Gasteiger partial charge in [0.15, 0.2) is 0 Å². The van der Waals surface area contributed by atoms with Gasteiger partial charge in [-0.1, -0.05) is 13.8 Å². The number of aromatic nitrogens is 1. The first kappa shape index (κ1) is 11.5. The minimum Gasteiger partial charge on any atom is -0.392 e. The molecule has 1 heterocycles. The Morgan fingerprint density at radius 1 is 1.44 bits per heavy atom. The van der Waals surface area contributed by atoms with E-state index in [1.807, 2.05) is 13.8 Å². The molecule has 0 fully saturated rings. The Bertz CT molecular complexity index is 519. The quantitative estimate of drug-likeness (QED) is 0.873. The maximum atomic E-state index is 13.0. The van der Waals surface area contributed by atoms with Gasteiger partial charge in [-0.2, -0.15) is 0 Å². The van der Waals surface area contributed by atoms with E-state index in [0.717, 1.165) is 15.2 Å². The van der Waals surface area contributed by atoms with Crippen LogP contribution >= 0.6 is 11.3 Å². The largest absolute Gasteiger partial charge is 0.392 e. The van der Waals surface area contributed by atoms with Crippen LogP contribution in [-0.2, 0) is 5.41 Å². The third-order valence-electron chi connectivity index (χ3n) is 2.95. The van der Waals surface area contributed by atoms with Crippen molar-refractivity contribution in [2.24, 2.45) is 0 Å². The molecule has 1 aromatic heterocycles. The lowest BCUT2D eigenvalue weighted by Crippen LogP contribution is -2.30. The molecule has 1 atom stereocenters. The Hall–Kier alpha value is -1.000. The molecule has 16 heavy (non-hydrogen) atoms. The predicted molar refractivity (Wildman–Crippen MR) is 64.3 cm³/mol. The molecule has 1 aromatic carbocycles. The van der Waals surface area contributed by atoms with E-state index in [0.29, 0.717) is 0 Å². The average Bonchev–Trinajstić information content (AvgIpc) is 2.60. The highest BCUT2D eigenvalue weighted by Crippen LogP contribution is 2.33. The molecule has 0 amide bonds. The van der Waals surface area contributed by atoms with Crippen LogP contribution in [0.1, 0.15) is 25.8 Å². The normalized spacial score (nSPS) is 14.3. The molecule has 86 valence electrons. The van der Waals surface area contributed by atoms with Gasteiger partial charge in [-0.15, -0.1) is 11.3 Å². The summed E-state index contributed by atoms with van der Waals surface area (Å²) in [5.41, 5.74) is 0.385. The van der Waals surface area contributed by atoms with E-state index in [1.165, 1.54) is 23.5 Å². The maximum absolute atomic E-state index is 13.0. The van der Waals surface area contributed by atoms with Crippen molar-refractivity contribution >= 4 is 21.6 Å². The van der Waals surface area contributed by atoms with Gasteiger partial charge >= 0.3 is 0 Å². The van der Waals surface area contributed by atoms with Gasteiger partial charge in [-0.05, 0) is 25.1 Å². The van der Waals surface area contributed by atoms with Crippen molar-refractivity contribution in [3.8, 4) is 0 Å². The molecule has 2 nitrogen and oxygen atoms in total. The second-order valence-corrected chi connectivity index (χ2v) is 5.56. The van der Waals surface area contributed by atoms with Gasteiger partial charge in [0.25, 0.3) is 0 Å². The zero-order chi connectivity index (χ0) is 11.9. The maximum Gasteiger partial charge on any atom is 0.124 e. The van der Waals surface area contributed by atoms with E-state index in [2.05, 4.69) is 4.98 Å². The number of hydrogen-bond donors (Lipinski definition) is 1. The van der Waals surface area contributed by atoms with E-state index < -0.39 is 11.5 Å². The van der Waals surface area contributed by atoms with Crippen molar-refractivity contribution < 1.29 is 9.50 Å². The summed E-state index contributed by atoms with van der Waals surface area (Å²) in [5.74, 6) is -0.252. The third-order valence-corrected chi connectivity index (χ3v) is 4.30. The lowest BCUT2D eigenvalue weighted by Gasteiger charge is -2.24. The number of fused-ring (bicyclic) bond motifs is 1. The van der Waals surface area contributed by atoms with Crippen LogP contribution in [0.25, 0.3) is 10.2 Å². The molecule has 0 aliphatic heterocycles. The number of thiazole rings is 1. The summed E-state index contributed by atoms with van der Waals surface area (Å²) in [5, 5.41) is 10.5. The number of hydrogen-bond acceptors (Lipinski definition) is 3. The SMILES string of the molecule is CC(O)C(C)(C)c1nc2ccc(F)cc2s1. The number of aliphatic hydroxyl groups is 1. The Kier molecular flexibility index (Phi) is 2.72. The fourth-order valence-electron chi connectivity index (χ4n) is 1.35. The summed E-state index contributed by atoms with van der Waals surface area (Å²) in [4.78, 5) is 4.44. The zero-order valence-electron chi connectivity index (χ0n) is 9.49. The van der Waals surface area contributed by atoms with Crippen LogP contribution < -0.4 is 0 Å². The van der Waals surface area contributed by atoms with Crippen molar-refractivity contribution in [1.29, 1.82) is 0 Å². The van der Waals surface area contributed by atoms with Crippen molar-refractivity contribution in [2.75, 3.05) is 0 Å². The van der Waals surface area contributed by atoms with Crippen LogP contribution in [0, 0.1) is 5.82 Å². The number of benzene rings is 1. The van der Waals surface area contributed by atoms with Crippen molar-refractivity contribution in [1.82, 2.24) is 4.98 Å². The molecule has 2 aromatic rings. The van der Waals surface area contributed by atoms with Crippen molar-refractivity contribution in [3.63, 3.8) is 0 Å². The first-order valence-electron chi connectivity index (χ1n) is 5.16. The van der Waals surface area contributed by atoms with Crippen molar-refractivity contribution in [3.05, 3.63) is 29.0 Å². The van der Waals surface area contributed by atoms with Gasteiger partial charge in [0.05, 0.1) is 16.3 Å². The van der Waals surface area contributed by atoms with Crippen LogP contribution in [0.15, 0.2) is 18.2 Å². The fraction of sp³-hybridized carbons (Fsp3) is 0.417. The average molecular weight is 239 g/mol. The first-order valence-corrected chi connectivity index (χ1v) is 5.97. The Labute approximate surface area is 97.8 Å². The number of rotatable bonds is 2. The highest BCUT2D eigenvalue weighted by Gasteiger charge is 2.30. The Morgan fingerprint density at radius 2 is 2.12 bits per heavy atom. The van der Waals surface area contributed by atoms with E-state index in [4.69, 9.17) is 0 Å². The summed E-state index contributed by atoms with van der Waals surface area (Å²) in [6, 6.07) is 4.55. The number of nitrogens with zero attached hydrogens (tertiary/aromatic N) is 1. The van der Waals surface area contributed by atoms with E-state index in [-0.39, 0.29) is 5.82 Å². The molecule has 0 spiro atoms. The second kappa shape index (κ2) is 3.79. The monoisotopic (exact) mass is 239 g/mol. The smallest absolute Gasteiger partial charge is 0.124 e. The standard InChI is InChI=1S/C12H14FNOS/c1-7(15)12(2,3)11-14-9-5-4-8(13)6-10(9)16-11/h4-7,15H,1-3H3. The van der Waals surface area contributed by atoms with Gasteiger partial charge in [-0.25, -0.2) is 9.37 Å². The van der Waals surface area contributed by atoms with Gasteiger partial charge in [0.1, 0.15) is 10.8 Å².